The van der Waals surface area contributed by atoms with Crippen LogP contribution < -0.4 is 0 Å². The minimum absolute atomic E-state index is 0.132. The smallest absolute Gasteiger partial charge is 0.302 e. The van der Waals surface area contributed by atoms with Crippen molar-refractivity contribution in [2.45, 2.75) is 63.7 Å². The highest BCUT2D eigenvalue weighted by Gasteiger charge is 2.26. The van der Waals surface area contributed by atoms with E-state index in [1.807, 2.05) is 11.8 Å². The molecular formula is C12H22O2S. The minimum atomic E-state index is -0.132. The summed E-state index contributed by atoms with van der Waals surface area (Å²) in [6.45, 7) is 3.74. The molecule has 1 aliphatic rings. The summed E-state index contributed by atoms with van der Waals surface area (Å²) in [7, 11) is 0. The molecule has 0 aromatic carbocycles. The fourth-order valence-electron chi connectivity index (χ4n) is 1.99. The van der Waals surface area contributed by atoms with E-state index in [1.165, 1.54) is 39.0 Å². The van der Waals surface area contributed by atoms with Crippen LogP contribution in [0, 0.1) is 0 Å². The summed E-state index contributed by atoms with van der Waals surface area (Å²) < 4.78 is 5.21. The lowest BCUT2D eigenvalue weighted by molar-refractivity contribution is -0.145. The third-order valence-electron chi connectivity index (χ3n) is 2.76. The van der Waals surface area contributed by atoms with Crippen LogP contribution in [0.5, 0.6) is 0 Å². The molecule has 0 aromatic rings. The zero-order valence-electron chi connectivity index (χ0n) is 9.83. The number of hydrogen-bond acceptors (Lipinski definition) is 3. The molecule has 1 fully saturated rings. The molecule has 1 heterocycles. The Balaban J connectivity index is 2.05. The predicted octanol–water partition coefficient (Wildman–Crippen LogP) is 3.39. The molecule has 0 bridgehead atoms. The Morgan fingerprint density at radius 3 is 2.87 bits per heavy atom. The molecule has 0 saturated carbocycles. The summed E-state index contributed by atoms with van der Waals surface area (Å²) in [4.78, 5) is 10.8. The van der Waals surface area contributed by atoms with Gasteiger partial charge in [0.1, 0.15) is 6.10 Å². The van der Waals surface area contributed by atoms with E-state index in [2.05, 4.69) is 6.92 Å². The number of hydrogen-bond donors (Lipinski definition) is 0. The van der Waals surface area contributed by atoms with Gasteiger partial charge in [-0.2, -0.15) is 11.8 Å². The maximum Gasteiger partial charge on any atom is 0.302 e. The second kappa shape index (κ2) is 7.15. The summed E-state index contributed by atoms with van der Waals surface area (Å²) in [6.07, 6.45) is 7.88. The second-order valence-corrected chi connectivity index (χ2v) is 5.61. The lowest BCUT2D eigenvalue weighted by Crippen LogP contribution is -2.15. The van der Waals surface area contributed by atoms with E-state index < -0.39 is 0 Å². The Bertz CT molecular complexity index is 194. The normalized spacial score (nSPS) is 25.5. The Morgan fingerprint density at radius 1 is 1.40 bits per heavy atom. The quantitative estimate of drug-likeness (QED) is 0.517. The fourth-order valence-corrected chi connectivity index (χ4v) is 3.36. The van der Waals surface area contributed by atoms with Crippen LogP contribution in [0.15, 0.2) is 0 Å². The molecule has 2 nitrogen and oxygen atoms in total. The number of esters is 1. The minimum Gasteiger partial charge on any atom is -0.462 e. The van der Waals surface area contributed by atoms with Crippen molar-refractivity contribution >= 4 is 17.7 Å². The molecule has 2 atom stereocenters. The van der Waals surface area contributed by atoms with Crippen molar-refractivity contribution in [3.63, 3.8) is 0 Å². The highest BCUT2D eigenvalue weighted by Crippen LogP contribution is 2.32. The molecule has 1 saturated heterocycles. The van der Waals surface area contributed by atoms with E-state index >= 15 is 0 Å². The van der Waals surface area contributed by atoms with Crippen molar-refractivity contribution in [3.05, 3.63) is 0 Å². The van der Waals surface area contributed by atoms with E-state index in [1.54, 1.807) is 0 Å². The Morgan fingerprint density at radius 2 is 2.20 bits per heavy atom. The molecule has 0 aromatic heterocycles. The number of carbonyl (C=O) groups excluding carboxylic acids is 1. The first-order valence-electron chi connectivity index (χ1n) is 6.01. The number of rotatable bonds is 6. The van der Waals surface area contributed by atoms with Crippen LogP contribution in [0.25, 0.3) is 0 Å². The van der Waals surface area contributed by atoms with Gasteiger partial charge in [0.2, 0.25) is 0 Å². The van der Waals surface area contributed by atoms with Gasteiger partial charge in [-0.25, -0.2) is 0 Å². The van der Waals surface area contributed by atoms with Crippen LogP contribution >= 0.6 is 11.8 Å². The SMILES string of the molecule is CCCCCC[C@@H]1C[C@H](OC(C)=O)CS1. The first-order valence-corrected chi connectivity index (χ1v) is 7.06. The van der Waals surface area contributed by atoms with Gasteiger partial charge in [0, 0.05) is 17.9 Å². The number of carbonyl (C=O) groups is 1. The van der Waals surface area contributed by atoms with Crippen LogP contribution in [0.4, 0.5) is 0 Å². The average Bonchev–Trinajstić information content (AvgIpc) is 2.59. The third kappa shape index (κ3) is 5.45. The zero-order chi connectivity index (χ0) is 11.1. The van der Waals surface area contributed by atoms with Gasteiger partial charge >= 0.3 is 5.97 Å². The second-order valence-electron chi connectivity index (χ2n) is 4.27. The van der Waals surface area contributed by atoms with E-state index in [0.29, 0.717) is 0 Å². The molecule has 0 amide bonds. The topological polar surface area (TPSA) is 26.3 Å². The van der Waals surface area contributed by atoms with Gasteiger partial charge in [-0.3, -0.25) is 4.79 Å². The monoisotopic (exact) mass is 230 g/mol. The highest BCUT2D eigenvalue weighted by molar-refractivity contribution is 8.00. The maximum atomic E-state index is 10.8. The van der Waals surface area contributed by atoms with Gasteiger partial charge in [-0.05, 0) is 12.8 Å². The molecule has 3 heteroatoms. The maximum absolute atomic E-state index is 10.8. The number of thioether (sulfide) groups is 1. The third-order valence-corrected chi connectivity index (χ3v) is 4.22. The van der Waals surface area contributed by atoms with Crippen LogP contribution in [-0.2, 0) is 9.53 Å². The predicted molar refractivity (Wildman–Crippen MR) is 65.2 cm³/mol. The van der Waals surface area contributed by atoms with Crippen LogP contribution in [0.3, 0.4) is 0 Å². The molecule has 0 N–H and O–H groups in total. The Kier molecular flexibility index (Phi) is 6.15. The molecule has 88 valence electrons. The van der Waals surface area contributed by atoms with Gasteiger partial charge in [-0.1, -0.05) is 32.6 Å². The Hall–Kier alpha value is -0.180. The number of ether oxygens (including phenoxy) is 1. The summed E-state index contributed by atoms with van der Waals surface area (Å²) >= 11 is 1.97. The van der Waals surface area contributed by atoms with E-state index in [4.69, 9.17) is 4.74 Å². The van der Waals surface area contributed by atoms with Crippen molar-refractivity contribution in [2.24, 2.45) is 0 Å². The van der Waals surface area contributed by atoms with Crippen molar-refractivity contribution in [1.82, 2.24) is 0 Å². The first-order chi connectivity index (χ1) is 7.22. The van der Waals surface area contributed by atoms with Crippen LogP contribution in [-0.4, -0.2) is 23.1 Å². The average molecular weight is 230 g/mol. The lowest BCUT2D eigenvalue weighted by Gasteiger charge is -2.10. The highest BCUT2D eigenvalue weighted by atomic mass is 32.2. The van der Waals surface area contributed by atoms with E-state index in [0.717, 1.165) is 17.4 Å². The van der Waals surface area contributed by atoms with E-state index in [-0.39, 0.29) is 12.1 Å². The summed E-state index contributed by atoms with van der Waals surface area (Å²) in [5.41, 5.74) is 0. The van der Waals surface area contributed by atoms with E-state index in [9.17, 15) is 4.79 Å². The molecule has 0 spiro atoms. The number of unbranched alkanes of at least 4 members (excludes halogenated alkanes) is 3. The molecule has 1 rings (SSSR count). The largest absolute Gasteiger partial charge is 0.462 e. The van der Waals surface area contributed by atoms with Gasteiger partial charge in [0.25, 0.3) is 0 Å². The van der Waals surface area contributed by atoms with Crippen molar-refractivity contribution in [1.29, 1.82) is 0 Å². The molecule has 15 heavy (non-hydrogen) atoms. The van der Waals surface area contributed by atoms with Crippen molar-refractivity contribution in [2.75, 3.05) is 5.75 Å². The van der Waals surface area contributed by atoms with Crippen LogP contribution in [0.2, 0.25) is 0 Å². The molecule has 0 aliphatic carbocycles. The van der Waals surface area contributed by atoms with Gasteiger partial charge in [-0.15, -0.1) is 0 Å². The van der Waals surface area contributed by atoms with Crippen molar-refractivity contribution < 1.29 is 9.53 Å². The standard InChI is InChI=1S/C12H22O2S/c1-3-4-5-6-7-12-8-11(9-15-12)14-10(2)13/h11-12H,3-9H2,1-2H3/t11-,12+/m0/s1. The zero-order valence-corrected chi connectivity index (χ0v) is 10.6. The Labute approximate surface area is 97.1 Å². The van der Waals surface area contributed by atoms with Gasteiger partial charge in [0.15, 0.2) is 0 Å². The first kappa shape index (κ1) is 12.9. The molecular weight excluding hydrogens is 208 g/mol. The summed E-state index contributed by atoms with van der Waals surface area (Å²) in [5, 5.41) is 0.728. The molecule has 0 unspecified atom stereocenters. The lowest BCUT2D eigenvalue weighted by atomic mass is 10.1. The summed E-state index contributed by atoms with van der Waals surface area (Å²) in [6, 6.07) is 0. The van der Waals surface area contributed by atoms with Gasteiger partial charge < -0.3 is 4.74 Å². The molecule has 1 aliphatic heterocycles. The molecule has 0 radical (unpaired) electrons. The fraction of sp³-hybridized carbons (Fsp3) is 0.917. The van der Waals surface area contributed by atoms with Gasteiger partial charge in [0.05, 0.1) is 0 Å². The summed E-state index contributed by atoms with van der Waals surface area (Å²) in [5.74, 6) is 0.866. The van der Waals surface area contributed by atoms with Crippen molar-refractivity contribution in [3.8, 4) is 0 Å². The van der Waals surface area contributed by atoms with Crippen LogP contribution in [0.1, 0.15) is 52.4 Å².